The number of hydrogen-bond acceptors (Lipinski definition) is 2. The maximum atomic E-state index is 13.1. The topological polar surface area (TPSA) is 44.4 Å². The second-order valence-corrected chi connectivity index (χ2v) is 5.19. The summed E-state index contributed by atoms with van der Waals surface area (Å²) in [4.78, 5) is 14.1. The number of halogens is 1. The molecule has 1 aromatic rings. The van der Waals surface area contributed by atoms with E-state index in [9.17, 15) is 9.18 Å². The minimum absolute atomic E-state index is 0.113. The van der Waals surface area contributed by atoms with E-state index in [0.29, 0.717) is 5.56 Å². The van der Waals surface area contributed by atoms with Crippen LogP contribution in [-0.2, 0) is 0 Å². The van der Waals surface area contributed by atoms with E-state index in [1.165, 1.54) is 18.2 Å². The van der Waals surface area contributed by atoms with Crippen LogP contribution in [0.4, 0.5) is 4.39 Å². The molecule has 0 unspecified atom stereocenters. The number of hydrogen-bond donors (Lipinski definition) is 2. The van der Waals surface area contributed by atoms with Crippen molar-refractivity contribution in [3.05, 3.63) is 35.6 Å². The van der Waals surface area contributed by atoms with E-state index in [1.807, 2.05) is 0 Å². The van der Waals surface area contributed by atoms with Gasteiger partial charge in [0.1, 0.15) is 5.82 Å². The van der Waals surface area contributed by atoms with Crippen molar-refractivity contribution in [2.24, 2.45) is 0 Å². The number of likely N-dealkylation sites (tertiary alicyclic amines) is 1. The summed E-state index contributed by atoms with van der Waals surface area (Å²) in [7, 11) is 1.81. The van der Waals surface area contributed by atoms with Crippen LogP contribution in [0.1, 0.15) is 23.2 Å². The highest BCUT2D eigenvalue weighted by Gasteiger charge is 2.22. The number of rotatable bonds is 2. The molecule has 0 aliphatic carbocycles. The van der Waals surface area contributed by atoms with E-state index in [1.54, 1.807) is 13.1 Å². The maximum Gasteiger partial charge on any atom is 0.251 e. The average molecular weight is 295 g/mol. The van der Waals surface area contributed by atoms with Gasteiger partial charge < -0.3 is 15.5 Å². The molecule has 20 heavy (non-hydrogen) atoms. The number of nitrogens with one attached hydrogen (secondary N) is 2. The molecule has 4 nitrogen and oxygen atoms in total. The van der Waals surface area contributed by atoms with Crippen LogP contribution in [0.3, 0.4) is 0 Å². The normalized spacial score (nSPS) is 15.8. The average Bonchev–Trinajstić information content (AvgIpc) is 2.47. The third kappa shape index (κ3) is 3.66. The zero-order valence-electron chi connectivity index (χ0n) is 11.4. The molecule has 0 radical (unpaired) electrons. The minimum atomic E-state index is -0.396. The summed E-state index contributed by atoms with van der Waals surface area (Å²) in [6.45, 7) is 1.63. The molecule has 108 valence electrons. The van der Waals surface area contributed by atoms with Gasteiger partial charge in [0.25, 0.3) is 5.91 Å². The fourth-order valence-corrected chi connectivity index (χ4v) is 2.47. The number of piperidine rings is 1. The fraction of sp³-hybridized carbons (Fsp3) is 0.429. The molecule has 1 aromatic carbocycles. The Labute approximate surface area is 123 Å². The van der Waals surface area contributed by atoms with Gasteiger partial charge in [-0.3, -0.25) is 4.79 Å². The van der Waals surface area contributed by atoms with Crippen LogP contribution in [0.15, 0.2) is 24.3 Å². The van der Waals surface area contributed by atoms with E-state index in [-0.39, 0.29) is 11.9 Å². The standard InChI is InChI=1S/C14H18FN3OS/c1-16-14(20)18-7-5-12(6-8-18)17-13(19)10-3-2-4-11(15)9-10/h2-4,9,12H,5-8H2,1H3,(H,16,20)(H,17,19). The predicted octanol–water partition coefficient (Wildman–Crippen LogP) is 1.52. The monoisotopic (exact) mass is 295 g/mol. The summed E-state index contributed by atoms with van der Waals surface area (Å²) in [5.74, 6) is -0.619. The molecule has 2 rings (SSSR count). The highest BCUT2D eigenvalue weighted by Crippen LogP contribution is 2.12. The second kappa shape index (κ2) is 6.65. The predicted molar refractivity (Wildman–Crippen MR) is 80.1 cm³/mol. The van der Waals surface area contributed by atoms with Gasteiger partial charge >= 0.3 is 0 Å². The van der Waals surface area contributed by atoms with Gasteiger partial charge in [-0.25, -0.2) is 4.39 Å². The van der Waals surface area contributed by atoms with Gasteiger partial charge in [0.2, 0.25) is 0 Å². The smallest absolute Gasteiger partial charge is 0.251 e. The molecule has 1 heterocycles. The van der Waals surface area contributed by atoms with Crippen LogP contribution >= 0.6 is 12.2 Å². The van der Waals surface area contributed by atoms with Gasteiger partial charge in [-0.15, -0.1) is 0 Å². The van der Waals surface area contributed by atoms with Crippen molar-refractivity contribution in [1.29, 1.82) is 0 Å². The molecule has 2 N–H and O–H groups in total. The van der Waals surface area contributed by atoms with Gasteiger partial charge in [0.05, 0.1) is 0 Å². The lowest BCUT2D eigenvalue weighted by Gasteiger charge is -2.33. The fourth-order valence-electron chi connectivity index (χ4n) is 2.28. The molecule has 0 aromatic heterocycles. The van der Waals surface area contributed by atoms with Gasteiger partial charge in [0, 0.05) is 31.7 Å². The van der Waals surface area contributed by atoms with Crippen molar-refractivity contribution in [3.63, 3.8) is 0 Å². The zero-order valence-corrected chi connectivity index (χ0v) is 12.2. The first-order valence-electron chi connectivity index (χ1n) is 6.63. The Hall–Kier alpha value is -1.69. The Morgan fingerprint density at radius 3 is 2.70 bits per heavy atom. The van der Waals surface area contributed by atoms with Crippen LogP contribution in [-0.4, -0.2) is 42.1 Å². The summed E-state index contributed by atoms with van der Waals surface area (Å²) in [6, 6.07) is 5.85. The summed E-state index contributed by atoms with van der Waals surface area (Å²) in [5, 5.41) is 6.63. The van der Waals surface area contributed by atoms with E-state index in [2.05, 4.69) is 15.5 Å². The van der Waals surface area contributed by atoms with Crippen molar-refractivity contribution in [2.75, 3.05) is 20.1 Å². The van der Waals surface area contributed by atoms with E-state index < -0.39 is 5.82 Å². The molecular formula is C14H18FN3OS. The van der Waals surface area contributed by atoms with Gasteiger partial charge in [0.15, 0.2) is 5.11 Å². The summed E-state index contributed by atoms with van der Waals surface area (Å²) < 4.78 is 13.1. The second-order valence-electron chi connectivity index (χ2n) is 4.80. The minimum Gasteiger partial charge on any atom is -0.366 e. The molecule has 1 amide bonds. The first-order valence-corrected chi connectivity index (χ1v) is 7.04. The molecule has 0 bridgehead atoms. The molecule has 1 aliphatic rings. The van der Waals surface area contributed by atoms with Crippen LogP contribution in [0.5, 0.6) is 0 Å². The summed E-state index contributed by atoms with van der Waals surface area (Å²) >= 11 is 5.18. The Morgan fingerprint density at radius 1 is 1.40 bits per heavy atom. The Balaban J connectivity index is 1.86. The molecule has 0 atom stereocenters. The van der Waals surface area contributed by atoms with Gasteiger partial charge in [-0.1, -0.05) is 6.07 Å². The first-order chi connectivity index (χ1) is 9.60. The lowest BCUT2D eigenvalue weighted by molar-refractivity contribution is 0.0922. The van der Waals surface area contributed by atoms with Crippen molar-refractivity contribution in [2.45, 2.75) is 18.9 Å². The molecule has 1 aliphatic heterocycles. The zero-order chi connectivity index (χ0) is 14.5. The molecule has 1 fully saturated rings. The highest BCUT2D eigenvalue weighted by atomic mass is 32.1. The van der Waals surface area contributed by atoms with Crippen LogP contribution < -0.4 is 10.6 Å². The van der Waals surface area contributed by atoms with Gasteiger partial charge in [-0.05, 0) is 43.3 Å². The Morgan fingerprint density at radius 2 is 2.10 bits per heavy atom. The lowest BCUT2D eigenvalue weighted by atomic mass is 10.0. The molecular weight excluding hydrogens is 277 g/mol. The largest absolute Gasteiger partial charge is 0.366 e. The van der Waals surface area contributed by atoms with Crippen molar-refractivity contribution >= 4 is 23.2 Å². The van der Waals surface area contributed by atoms with Crippen molar-refractivity contribution in [1.82, 2.24) is 15.5 Å². The number of amides is 1. The molecule has 1 saturated heterocycles. The molecule has 0 saturated carbocycles. The Bertz CT molecular complexity index is 501. The molecule has 6 heteroatoms. The number of carbonyl (C=O) groups is 1. The SMILES string of the molecule is CNC(=S)N1CCC(NC(=O)c2cccc(F)c2)CC1. The maximum absolute atomic E-state index is 13.1. The van der Waals surface area contributed by atoms with Crippen LogP contribution in [0.2, 0.25) is 0 Å². The van der Waals surface area contributed by atoms with Crippen LogP contribution in [0.25, 0.3) is 0 Å². The van der Waals surface area contributed by atoms with E-state index in [0.717, 1.165) is 31.0 Å². The lowest BCUT2D eigenvalue weighted by Crippen LogP contribution is -2.48. The number of benzene rings is 1. The Kier molecular flexibility index (Phi) is 4.89. The van der Waals surface area contributed by atoms with Gasteiger partial charge in [-0.2, -0.15) is 0 Å². The van der Waals surface area contributed by atoms with Crippen LogP contribution in [0, 0.1) is 5.82 Å². The van der Waals surface area contributed by atoms with Crippen molar-refractivity contribution < 1.29 is 9.18 Å². The quantitative estimate of drug-likeness (QED) is 0.812. The highest BCUT2D eigenvalue weighted by molar-refractivity contribution is 7.80. The number of nitrogens with zero attached hydrogens (tertiary/aromatic N) is 1. The summed E-state index contributed by atoms with van der Waals surface area (Å²) in [6.07, 6.45) is 1.67. The number of carbonyl (C=O) groups excluding carboxylic acids is 1. The third-order valence-electron chi connectivity index (χ3n) is 3.42. The van der Waals surface area contributed by atoms with E-state index in [4.69, 9.17) is 12.2 Å². The third-order valence-corrected chi connectivity index (χ3v) is 3.88. The summed E-state index contributed by atoms with van der Waals surface area (Å²) in [5.41, 5.74) is 0.359. The van der Waals surface area contributed by atoms with E-state index >= 15 is 0 Å². The molecule has 0 spiro atoms. The van der Waals surface area contributed by atoms with Crippen molar-refractivity contribution in [3.8, 4) is 0 Å². The first kappa shape index (κ1) is 14.7. The number of thiocarbonyl (C=S) groups is 1.